The summed E-state index contributed by atoms with van der Waals surface area (Å²) < 4.78 is 35.9. The minimum atomic E-state index is -3.87. The first-order chi connectivity index (χ1) is 7.30. The smallest absolute Gasteiger partial charge is 0.238 e. The van der Waals surface area contributed by atoms with Crippen molar-refractivity contribution < 1.29 is 12.8 Å². The fourth-order valence-corrected chi connectivity index (χ4v) is 1.67. The summed E-state index contributed by atoms with van der Waals surface area (Å²) in [6.45, 7) is 3.91. The third-order valence-electron chi connectivity index (χ3n) is 1.74. The van der Waals surface area contributed by atoms with Gasteiger partial charge in [0, 0.05) is 11.0 Å². The van der Waals surface area contributed by atoms with Crippen LogP contribution in [0.5, 0.6) is 0 Å². The average Bonchev–Trinajstić information content (AvgIpc) is 2.14. The van der Waals surface area contributed by atoms with Gasteiger partial charge in [-0.3, -0.25) is 0 Å². The summed E-state index contributed by atoms with van der Waals surface area (Å²) in [5, 5.41) is 7.60. The molecule has 0 aliphatic carbocycles. The van der Waals surface area contributed by atoms with E-state index in [1.807, 2.05) is 0 Å². The van der Waals surface area contributed by atoms with E-state index in [1.54, 1.807) is 0 Å². The van der Waals surface area contributed by atoms with E-state index < -0.39 is 15.8 Å². The van der Waals surface area contributed by atoms with Crippen LogP contribution in [0.1, 0.15) is 0 Å². The Morgan fingerprint density at radius 3 is 2.62 bits per heavy atom. The number of hydrogen-bond donors (Lipinski definition) is 2. The number of nitrogens with one attached hydrogen (secondary N) is 1. The Kier molecular flexibility index (Phi) is 4.06. The Morgan fingerprint density at radius 1 is 1.56 bits per heavy atom. The lowest BCUT2D eigenvalue weighted by Crippen LogP contribution is -2.13. The van der Waals surface area contributed by atoms with Crippen LogP contribution in [0.4, 0.5) is 10.1 Å². The molecule has 0 unspecified atom stereocenters. The molecular formula is C9H10BrFN2O2S. The Morgan fingerprint density at radius 2 is 2.19 bits per heavy atom. The van der Waals surface area contributed by atoms with Crippen molar-refractivity contribution in [2.24, 2.45) is 5.14 Å². The molecule has 0 atom stereocenters. The molecule has 0 heterocycles. The number of hydrogen-bond acceptors (Lipinski definition) is 3. The molecule has 1 aromatic rings. The lowest BCUT2D eigenvalue weighted by molar-refractivity contribution is 0.593. The van der Waals surface area contributed by atoms with Crippen molar-refractivity contribution in [1.29, 1.82) is 0 Å². The highest BCUT2D eigenvalue weighted by atomic mass is 79.9. The molecule has 0 aromatic heterocycles. The summed E-state index contributed by atoms with van der Waals surface area (Å²) in [5.74, 6) is -0.680. The molecular weight excluding hydrogens is 299 g/mol. The Bertz CT molecular complexity index is 516. The molecule has 0 amide bonds. The number of halogens is 2. The maximum atomic E-state index is 13.4. The molecule has 0 radical (unpaired) electrons. The molecule has 0 saturated carbocycles. The van der Waals surface area contributed by atoms with E-state index in [1.165, 1.54) is 12.1 Å². The van der Waals surface area contributed by atoms with Crippen LogP contribution in [0.3, 0.4) is 0 Å². The molecule has 1 aromatic carbocycles. The first-order valence-corrected chi connectivity index (χ1v) is 6.54. The molecule has 0 fully saturated rings. The van der Waals surface area contributed by atoms with Gasteiger partial charge in [0.1, 0.15) is 5.82 Å². The monoisotopic (exact) mass is 308 g/mol. The highest BCUT2D eigenvalue weighted by Gasteiger charge is 2.11. The minimum absolute atomic E-state index is 0.188. The zero-order chi connectivity index (χ0) is 12.3. The molecule has 16 heavy (non-hydrogen) atoms. The van der Waals surface area contributed by atoms with Crippen molar-refractivity contribution in [3.8, 4) is 0 Å². The molecule has 3 N–H and O–H groups in total. The summed E-state index contributed by atoms with van der Waals surface area (Å²) >= 11 is 3.11. The van der Waals surface area contributed by atoms with Gasteiger partial charge in [0.15, 0.2) is 0 Å². The quantitative estimate of drug-likeness (QED) is 0.891. The van der Waals surface area contributed by atoms with Crippen LogP contribution in [0.25, 0.3) is 0 Å². The Hall–Kier alpha value is -0.920. The molecule has 4 nitrogen and oxygen atoms in total. The molecule has 0 aliphatic rings. The fourth-order valence-electron chi connectivity index (χ4n) is 1.01. The summed E-state index contributed by atoms with van der Waals surface area (Å²) in [5.41, 5.74) is 0.188. The van der Waals surface area contributed by atoms with Gasteiger partial charge in [-0.2, -0.15) is 0 Å². The van der Waals surface area contributed by atoms with Crippen molar-refractivity contribution in [2.45, 2.75) is 4.90 Å². The first kappa shape index (κ1) is 13.1. The summed E-state index contributed by atoms with van der Waals surface area (Å²) in [7, 11) is -3.87. The van der Waals surface area contributed by atoms with E-state index in [9.17, 15) is 12.8 Å². The van der Waals surface area contributed by atoms with Crippen LogP contribution in [-0.2, 0) is 10.0 Å². The van der Waals surface area contributed by atoms with Crippen LogP contribution in [-0.4, -0.2) is 15.0 Å². The Balaban J connectivity index is 2.96. The maximum Gasteiger partial charge on any atom is 0.238 e. The van der Waals surface area contributed by atoms with Gasteiger partial charge in [-0.05, 0) is 18.2 Å². The van der Waals surface area contributed by atoms with E-state index in [4.69, 9.17) is 5.14 Å². The van der Waals surface area contributed by atoms with Crippen LogP contribution < -0.4 is 10.5 Å². The second-order valence-electron chi connectivity index (χ2n) is 3.06. The zero-order valence-corrected chi connectivity index (χ0v) is 10.6. The van der Waals surface area contributed by atoms with Crippen LogP contribution in [0.2, 0.25) is 0 Å². The third kappa shape index (κ3) is 3.58. The predicted octanol–water partition coefficient (Wildman–Crippen LogP) is 1.79. The predicted molar refractivity (Wildman–Crippen MR) is 64.3 cm³/mol. The maximum absolute atomic E-state index is 13.4. The molecule has 7 heteroatoms. The van der Waals surface area contributed by atoms with E-state index in [0.29, 0.717) is 11.0 Å². The zero-order valence-electron chi connectivity index (χ0n) is 8.20. The lowest BCUT2D eigenvalue weighted by atomic mass is 10.3. The largest absolute Gasteiger partial charge is 0.378 e. The van der Waals surface area contributed by atoms with Crippen molar-refractivity contribution >= 4 is 31.6 Å². The van der Waals surface area contributed by atoms with Gasteiger partial charge in [-0.25, -0.2) is 17.9 Å². The normalized spacial score (nSPS) is 11.2. The number of sulfonamides is 1. The van der Waals surface area contributed by atoms with E-state index in [2.05, 4.69) is 27.8 Å². The van der Waals surface area contributed by atoms with E-state index in [-0.39, 0.29) is 10.6 Å². The second kappa shape index (κ2) is 4.94. The summed E-state index contributed by atoms with van der Waals surface area (Å²) in [6, 6.07) is 3.41. The number of primary sulfonamides is 1. The molecule has 0 aliphatic heterocycles. The van der Waals surface area contributed by atoms with Gasteiger partial charge in [-0.1, -0.05) is 22.5 Å². The van der Waals surface area contributed by atoms with Gasteiger partial charge in [0.2, 0.25) is 10.0 Å². The molecule has 0 saturated heterocycles. The number of benzene rings is 1. The highest BCUT2D eigenvalue weighted by molar-refractivity contribution is 9.11. The van der Waals surface area contributed by atoms with Crippen molar-refractivity contribution in [2.75, 3.05) is 11.9 Å². The summed E-state index contributed by atoms with van der Waals surface area (Å²) in [4.78, 5) is -0.256. The second-order valence-corrected chi connectivity index (χ2v) is 5.74. The standard InChI is InChI=1S/C9H10BrFN2O2S/c1-6(10)5-13-9-3-2-7(4-8(9)11)16(12,14)15/h2-4,13H,1,5H2,(H2,12,14,15). The molecule has 1 rings (SSSR count). The molecule has 0 spiro atoms. The van der Waals surface area contributed by atoms with E-state index in [0.717, 1.165) is 6.07 Å². The van der Waals surface area contributed by atoms with E-state index >= 15 is 0 Å². The molecule has 88 valence electrons. The van der Waals surface area contributed by atoms with Gasteiger partial charge >= 0.3 is 0 Å². The fraction of sp³-hybridized carbons (Fsp3) is 0.111. The van der Waals surface area contributed by atoms with Gasteiger partial charge in [0.25, 0.3) is 0 Å². The number of anilines is 1. The lowest BCUT2D eigenvalue weighted by Gasteiger charge is -2.07. The van der Waals surface area contributed by atoms with Crippen molar-refractivity contribution in [3.05, 3.63) is 35.1 Å². The average molecular weight is 309 g/mol. The summed E-state index contributed by atoms with van der Waals surface area (Å²) in [6.07, 6.45) is 0. The first-order valence-electron chi connectivity index (χ1n) is 4.20. The van der Waals surface area contributed by atoms with Crippen LogP contribution in [0.15, 0.2) is 34.2 Å². The minimum Gasteiger partial charge on any atom is -0.378 e. The molecule has 0 bridgehead atoms. The van der Waals surface area contributed by atoms with Gasteiger partial charge in [0.05, 0.1) is 10.6 Å². The Labute approximate surface area is 102 Å². The van der Waals surface area contributed by atoms with Gasteiger partial charge in [-0.15, -0.1) is 0 Å². The highest BCUT2D eigenvalue weighted by Crippen LogP contribution is 2.18. The number of rotatable bonds is 4. The van der Waals surface area contributed by atoms with Crippen LogP contribution >= 0.6 is 15.9 Å². The van der Waals surface area contributed by atoms with Crippen molar-refractivity contribution in [1.82, 2.24) is 0 Å². The SMILES string of the molecule is C=C(Br)CNc1ccc(S(N)(=O)=O)cc1F. The topological polar surface area (TPSA) is 72.2 Å². The van der Waals surface area contributed by atoms with Gasteiger partial charge < -0.3 is 5.32 Å². The van der Waals surface area contributed by atoms with Crippen LogP contribution in [0, 0.1) is 5.82 Å². The van der Waals surface area contributed by atoms with Crippen molar-refractivity contribution in [3.63, 3.8) is 0 Å². The number of nitrogens with two attached hydrogens (primary N) is 1. The third-order valence-corrected chi connectivity index (χ3v) is 2.93.